The predicted molar refractivity (Wildman–Crippen MR) is 53.3 cm³/mol. The van der Waals surface area contributed by atoms with Gasteiger partial charge in [-0.05, 0) is 25.8 Å². The molecule has 0 amide bonds. The molecule has 0 aliphatic carbocycles. The van der Waals surface area contributed by atoms with Crippen molar-refractivity contribution in [1.82, 2.24) is 4.90 Å². The number of aliphatic hydroxyl groups excluding tert-OH is 1. The number of aliphatic hydroxyl groups is 1. The van der Waals surface area contributed by atoms with Gasteiger partial charge in [0.25, 0.3) is 0 Å². The third-order valence-corrected chi connectivity index (χ3v) is 3.11. The van der Waals surface area contributed by atoms with E-state index >= 15 is 0 Å². The van der Waals surface area contributed by atoms with Crippen LogP contribution in [0.2, 0.25) is 0 Å². The number of hydrogen-bond acceptors (Lipinski definition) is 4. The molecule has 2 unspecified atom stereocenters. The molecule has 1 rings (SSSR count). The summed E-state index contributed by atoms with van der Waals surface area (Å²) in [6, 6.07) is 0.432. The van der Waals surface area contributed by atoms with Crippen molar-refractivity contribution in [3.8, 4) is 0 Å². The molecule has 0 spiro atoms. The molecule has 1 aliphatic rings. The lowest BCUT2D eigenvalue weighted by atomic mass is 10.1. The lowest BCUT2D eigenvalue weighted by molar-refractivity contribution is 0.0935. The average Bonchev–Trinajstić information content (AvgIpc) is 2.43. The fraction of sp³-hybridized carbons (Fsp3) is 1.00. The number of hydrogen-bond donors (Lipinski definition) is 3. The van der Waals surface area contributed by atoms with Crippen molar-refractivity contribution < 1.29 is 5.11 Å². The number of rotatable bonds is 4. The Balaban J connectivity index is 2.35. The maximum atomic E-state index is 9.01. The maximum absolute atomic E-state index is 9.01. The van der Waals surface area contributed by atoms with Crippen molar-refractivity contribution in [2.75, 3.05) is 19.8 Å². The lowest BCUT2D eigenvalue weighted by Crippen LogP contribution is -2.34. The Labute approximate surface area is 79.3 Å². The number of thiol groups is 1. The van der Waals surface area contributed by atoms with E-state index < -0.39 is 0 Å². The van der Waals surface area contributed by atoms with Crippen molar-refractivity contribution in [1.29, 1.82) is 0 Å². The molecule has 2 atom stereocenters. The van der Waals surface area contributed by atoms with E-state index in [4.69, 9.17) is 10.8 Å². The first kappa shape index (κ1) is 10.3. The molecule has 1 aliphatic heterocycles. The Bertz CT molecular complexity index is 134. The SMILES string of the molecule is NCCCC1C(S)CCN1CO. The van der Waals surface area contributed by atoms with E-state index in [0.29, 0.717) is 11.3 Å². The van der Waals surface area contributed by atoms with Gasteiger partial charge >= 0.3 is 0 Å². The summed E-state index contributed by atoms with van der Waals surface area (Å²) in [6.07, 6.45) is 3.17. The first-order valence-electron chi connectivity index (χ1n) is 4.52. The Morgan fingerprint density at radius 1 is 1.58 bits per heavy atom. The van der Waals surface area contributed by atoms with Gasteiger partial charge in [-0.2, -0.15) is 12.6 Å². The number of nitrogens with two attached hydrogens (primary N) is 1. The topological polar surface area (TPSA) is 49.5 Å². The van der Waals surface area contributed by atoms with Crippen LogP contribution in [0.25, 0.3) is 0 Å². The molecule has 0 saturated carbocycles. The monoisotopic (exact) mass is 190 g/mol. The van der Waals surface area contributed by atoms with Crippen LogP contribution in [-0.2, 0) is 0 Å². The van der Waals surface area contributed by atoms with E-state index in [1.807, 2.05) is 0 Å². The van der Waals surface area contributed by atoms with Crippen LogP contribution in [0.3, 0.4) is 0 Å². The fourth-order valence-electron chi connectivity index (χ4n) is 1.78. The van der Waals surface area contributed by atoms with Gasteiger partial charge in [-0.15, -0.1) is 0 Å². The van der Waals surface area contributed by atoms with Gasteiger partial charge in [-0.25, -0.2) is 0 Å². The fourth-order valence-corrected chi connectivity index (χ4v) is 2.23. The van der Waals surface area contributed by atoms with Crippen LogP contribution < -0.4 is 5.73 Å². The van der Waals surface area contributed by atoms with Gasteiger partial charge in [-0.1, -0.05) is 0 Å². The lowest BCUT2D eigenvalue weighted by Gasteiger charge is -2.23. The normalized spacial score (nSPS) is 31.2. The Hall–Kier alpha value is 0.230. The van der Waals surface area contributed by atoms with E-state index in [2.05, 4.69) is 17.5 Å². The molecule has 0 aromatic heterocycles. The molecule has 3 N–H and O–H groups in total. The Morgan fingerprint density at radius 2 is 2.33 bits per heavy atom. The van der Waals surface area contributed by atoms with E-state index in [1.54, 1.807) is 0 Å². The van der Waals surface area contributed by atoms with Crippen LogP contribution in [0.1, 0.15) is 19.3 Å². The highest BCUT2D eigenvalue weighted by Crippen LogP contribution is 2.25. The van der Waals surface area contributed by atoms with E-state index in [-0.39, 0.29) is 6.73 Å². The van der Waals surface area contributed by atoms with Crippen LogP contribution in [0, 0.1) is 0 Å². The molecule has 0 aromatic carbocycles. The average molecular weight is 190 g/mol. The second-order valence-electron chi connectivity index (χ2n) is 3.31. The van der Waals surface area contributed by atoms with E-state index in [0.717, 1.165) is 32.4 Å². The highest BCUT2D eigenvalue weighted by Gasteiger charge is 2.30. The van der Waals surface area contributed by atoms with Crippen LogP contribution in [0.5, 0.6) is 0 Å². The van der Waals surface area contributed by atoms with Gasteiger partial charge in [0.15, 0.2) is 0 Å². The maximum Gasteiger partial charge on any atom is 0.0959 e. The van der Waals surface area contributed by atoms with Gasteiger partial charge in [0, 0.05) is 17.8 Å². The number of likely N-dealkylation sites (tertiary alicyclic amines) is 1. The van der Waals surface area contributed by atoms with Gasteiger partial charge in [-0.3, -0.25) is 4.90 Å². The molecule has 72 valence electrons. The Kier molecular flexibility index (Phi) is 4.35. The van der Waals surface area contributed by atoms with Gasteiger partial charge in [0.1, 0.15) is 0 Å². The summed E-state index contributed by atoms with van der Waals surface area (Å²) in [4.78, 5) is 2.08. The van der Waals surface area contributed by atoms with E-state index in [1.165, 1.54) is 0 Å². The van der Waals surface area contributed by atoms with Gasteiger partial charge in [0.2, 0.25) is 0 Å². The molecule has 0 bridgehead atoms. The molecule has 4 heteroatoms. The van der Waals surface area contributed by atoms with Crippen molar-refractivity contribution in [3.05, 3.63) is 0 Å². The van der Waals surface area contributed by atoms with Crippen molar-refractivity contribution in [2.45, 2.75) is 30.6 Å². The Morgan fingerprint density at radius 3 is 2.92 bits per heavy atom. The minimum atomic E-state index is 0.159. The second kappa shape index (κ2) is 5.07. The van der Waals surface area contributed by atoms with Crippen molar-refractivity contribution in [3.63, 3.8) is 0 Å². The first-order chi connectivity index (χ1) is 5.79. The smallest absolute Gasteiger partial charge is 0.0959 e. The molecule has 0 aromatic rings. The quantitative estimate of drug-likeness (QED) is 0.549. The zero-order valence-electron chi connectivity index (χ0n) is 7.32. The second-order valence-corrected chi connectivity index (χ2v) is 3.97. The summed E-state index contributed by atoms with van der Waals surface area (Å²) in [5.41, 5.74) is 5.43. The summed E-state index contributed by atoms with van der Waals surface area (Å²) in [5, 5.41) is 9.43. The van der Waals surface area contributed by atoms with Crippen LogP contribution in [0.15, 0.2) is 0 Å². The number of nitrogens with zero attached hydrogens (tertiary/aromatic N) is 1. The molecular formula is C8H18N2OS. The van der Waals surface area contributed by atoms with Gasteiger partial charge in [0.05, 0.1) is 6.73 Å². The molecule has 3 nitrogen and oxygen atoms in total. The minimum Gasteiger partial charge on any atom is -0.381 e. The first-order valence-corrected chi connectivity index (χ1v) is 5.04. The van der Waals surface area contributed by atoms with Crippen molar-refractivity contribution >= 4 is 12.6 Å². The molecule has 12 heavy (non-hydrogen) atoms. The largest absolute Gasteiger partial charge is 0.381 e. The summed E-state index contributed by atoms with van der Waals surface area (Å²) in [7, 11) is 0. The van der Waals surface area contributed by atoms with Crippen LogP contribution in [-0.4, -0.2) is 41.1 Å². The standard InChI is InChI=1S/C8H18N2OS/c9-4-1-2-7-8(12)3-5-10(7)6-11/h7-8,11-12H,1-6,9H2. The summed E-state index contributed by atoms with van der Waals surface area (Å²) < 4.78 is 0. The van der Waals surface area contributed by atoms with Crippen molar-refractivity contribution in [2.24, 2.45) is 5.73 Å². The highest BCUT2D eigenvalue weighted by atomic mass is 32.1. The molecular weight excluding hydrogens is 172 g/mol. The zero-order valence-corrected chi connectivity index (χ0v) is 8.21. The molecule has 1 heterocycles. The highest BCUT2D eigenvalue weighted by molar-refractivity contribution is 7.81. The third-order valence-electron chi connectivity index (χ3n) is 2.51. The summed E-state index contributed by atoms with van der Waals surface area (Å²) in [6.45, 7) is 1.86. The van der Waals surface area contributed by atoms with Gasteiger partial charge < -0.3 is 10.8 Å². The third kappa shape index (κ3) is 2.36. The summed E-state index contributed by atoms with van der Waals surface area (Å²) >= 11 is 4.48. The minimum absolute atomic E-state index is 0.159. The zero-order chi connectivity index (χ0) is 8.97. The van der Waals surface area contributed by atoms with Crippen LogP contribution >= 0.6 is 12.6 Å². The van der Waals surface area contributed by atoms with E-state index in [9.17, 15) is 0 Å². The van der Waals surface area contributed by atoms with Crippen LogP contribution in [0.4, 0.5) is 0 Å². The predicted octanol–water partition coefficient (Wildman–Crippen LogP) is 0.0478. The molecule has 0 radical (unpaired) electrons. The summed E-state index contributed by atoms with van der Waals surface area (Å²) in [5.74, 6) is 0. The molecule has 1 fully saturated rings. The molecule has 1 saturated heterocycles.